The van der Waals surface area contributed by atoms with Gasteiger partial charge in [0.25, 0.3) is 0 Å². The normalized spacial score (nSPS) is 14.7. The van der Waals surface area contributed by atoms with Crippen LogP contribution in [0.1, 0.15) is 11.1 Å². The van der Waals surface area contributed by atoms with E-state index in [0.29, 0.717) is 16.9 Å². The first-order chi connectivity index (χ1) is 13.0. The summed E-state index contributed by atoms with van der Waals surface area (Å²) in [6.45, 7) is -0.506. The smallest absolute Gasteiger partial charge is 0.363 e. The van der Waals surface area contributed by atoms with E-state index in [1.165, 1.54) is 43.5 Å². The number of hydrogen-bond acceptors (Lipinski definition) is 6. The SMILES string of the molecule is COc1cc(C=C2N=C(c3ccc(F)cc3)OC2=O)ccc1OCC(=O)O. The highest BCUT2D eigenvalue weighted by molar-refractivity contribution is 6.12. The van der Waals surface area contributed by atoms with E-state index in [-0.39, 0.29) is 17.3 Å². The summed E-state index contributed by atoms with van der Waals surface area (Å²) in [5.41, 5.74) is 1.12. The molecule has 1 heterocycles. The zero-order chi connectivity index (χ0) is 19.4. The Morgan fingerprint density at radius 3 is 2.63 bits per heavy atom. The molecule has 0 amide bonds. The van der Waals surface area contributed by atoms with Crippen LogP contribution in [-0.4, -0.2) is 36.7 Å². The number of rotatable bonds is 6. The molecular formula is C19H14FNO6. The van der Waals surface area contributed by atoms with Gasteiger partial charge in [-0.3, -0.25) is 0 Å². The number of carboxylic acid groups (broad SMARTS) is 1. The summed E-state index contributed by atoms with van der Waals surface area (Å²) in [6.07, 6.45) is 1.49. The maximum Gasteiger partial charge on any atom is 0.363 e. The van der Waals surface area contributed by atoms with Crippen molar-refractivity contribution in [2.24, 2.45) is 4.99 Å². The lowest BCUT2D eigenvalue weighted by Gasteiger charge is -2.09. The predicted octanol–water partition coefficient (Wildman–Crippen LogP) is 2.64. The van der Waals surface area contributed by atoms with Crippen LogP contribution in [0.15, 0.2) is 53.2 Å². The molecular weight excluding hydrogens is 357 g/mol. The van der Waals surface area contributed by atoms with Crippen molar-refractivity contribution in [3.8, 4) is 11.5 Å². The van der Waals surface area contributed by atoms with E-state index in [1.807, 2.05) is 0 Å². The topological polar surface area (TPSA) is 94.4 Å². The second-order valence-electron chi connectivity index (χ2n) is 5.44. The lowest BCUT2D eigenvalue weighted by Crippen LogP contribution is -2.10. The molecule has 2 aromatic carbocycles. The maximum atomic E-state index is 13.0. The second kappa shape index (κ2) is 7.69. The molecule has 0 aromatic heterocycles. The third-order valence-corrected chi connectivity index (χ3v) is 3.55. The van der Waals surface area contributed by atoms with Crippen molar-refractivity contribution < 1.29 is 33.3 Å². The summed E-state index contributed by atoms with van der Waals surface area (Å²) in [5.74, 6) is -1.51. The van der Waals surface area contributed by atoms with Gasteiger partial charge < -0.3 is 19.3 Å². The highest BCUT2D eigenvalue weighted by Crippen LogP contribution is 2.29. The van der Waals surface area contributed by atoms with Gasteiger partial charge in [-0.1, -0.05) is 6.07 Å². The first-order valence-corrected chi connectivity index (χ1v) is 7.77. The molecule has 0 atom stereocenters. The summed E-state index contributed by atoms with van der Waals surface area (Å²) in [5, 5.41) is 8.68. The van der Waals surface area contributed by atoms with Gasteiger partial charge in [0, 0.05) is 5.56 Å². The fraction of sp³-hybridized carbons (Fsp3) is 0.105. The number of carbonyl (C=O) groups is 2. The van der Waals surface area contributed by atoms with Crippen LogP contribution < -0.4 is 9.47 Å². The number of halogens is 1. The summed E-state index contributed by atoms with van der Waals surface area (Å²) in [7, 11) is 1.41. The van der Waals surface area contributed by atoms with Crippen LogP contribution >= 0.6 is 0 Å². The lowest BCUT2D eigenvalue weighted by molar-refractivity contribution is -0.139. The molecule has 0 aliphatic carbocycles. The van der Waals surface area contributed by atoms with Gasteiger partial charge in [0.05, 0.1) is 7.11 Å². The molecule has 0 bridgehead atoms. The summed E-state index contributed by atoms with van der Waals surface area (Å²) in [4.78, 5) is 26.8. The molecule has 8 heteroatoms. The van der Waals surface area contributed by atoms with Crippen LogP contribution in [0.5, 0.6) is 11.5 Å². The molecule has 0 saturated heterocycles. The summed E-state index contributed by atoms with van der Waals surface area (Å²) < 4.78 is 28.4. The van der Waals surface area contributed by atoms with Crippen LogP contribution in [0, 0.1) is 5.82 Å². The van der Waals surface area contributed by atoms with Gasteiger partial charge in [-0.05, 0) is 48.0 Å². The lowest BCUT2D eigenvalue weighted by atomic mass is 10.1. The summed E-state index contributed by atoms with van der Waals surface area (Å²) in [6, 6.07) is 10.1. The maximum absolute atomic E-state index is 13.0. The molecule has 0 unspecified atom stereocenters. The molecule has 3 rings (SSSR count). The molecule has 7 nitrogen and oxygen atoms in total. The van der Waals surface area contributed by atoms with Crippen molar-refractivity contribution in [1.29, 1.82) is 0 Å². The number of esters is 1. The molecule has 0 radical (unpaired) electrons. The van der Waals surface area contributed by atoms with E-state index in [0.717, 1.165) is 0 Å². The minimum absolute atomic E-state index is 0.0654. The Labute approximate surface area is 153 Å². The molecule has 1 N–H and O–H groups in total. The number of aliphatic imine (C=N–C) groups is 1. The van der Waals surface area contributed by atoms with Crippen LogP contribution in [0.4, 0.5) is 4.39 Å². The number of methoxy groups -OCH3 is 1. The largest absolute Gasteiger partial charge is 0.493 e. The molecule has 1 aliphatic rings. The monoisotopic (exact) mass is 371 g/mol. The quantitative estimate of drug-likeness (QED) is 0.620. The van der Waals surface area contributed by atoms with E-state index in [2.05, 4.69) is 4.99 Å². The van der Waals surface area contributed by atoms with Gasteiger partial charge in [-0.15, -0.1) is 0 Å². The summed E-state index contributed by atoms with van der Waals surface area (Å²) >= 11 is 0. The minimum atomic E-state index is -1.11. The first-order valence-electron chi connectivity index (χ1n) is 7.77. The van der Waals surface area contributed by atoms with Crippen molar-refractivity contribution in [2.45, 2.75) is 0 Å². The van der Waals surface area contributed by atoms with Crippen LogP contribution in [0.2, 0.25) is 0 Å². The molecule has 27 heavy (non-hydrogen) atoms. The average molecular weight is 371 g/mol. The average Bonchev–Trinajstić information content (AvgIpc) is 3.01. The predicted molar refractivity (Wildman–Crippen MR) is 93.1 cm³/mol. The zero-order valence-electron chi connectivity index (χ0n) is 14.1. The van der Waals surface area contributed by atoms with Crippen molar-refractivity contribution in [2.75, 3.05) is 13.7 Å². The van der Waals surface area contributed by atoms with Gasteiger partial charge in [0.2, 0.25) is 5.90 Å². The van der Waals surface area contributed by atoms with Gasteiger partial charge in [-0.2, -0.15) is 0 Å². The Kier molecular flexibility index (Phi) is 5.16. The van der Waals surface area contributed by atoms with E-state index >= 15 is 0 Å². The first kappa shape index (κ1) is 18.1. The minimum Gasteiger partial charge on any atom is -0.493 e. The number of cyclic esters (lactones) is 1. The molecule has 1 aliphatic heterocycles. The number of carbonyl (C=O) groups excluding carboxylic acids is 1. The highest BCUT2D eigenvalue weighted by atomic mass is 19.1. The fourth-order valence-electron chi connectivity index (χ4n) is 2.32. The van der Waals surface area contributed by atoms with Crippen LogP contribution in [0.3, 0.4) is 0 Å². The van der Waals surface area contributed by atoms with Crippen LogP contribution in [-0.2, 0) is 14.3 Å². The number of benzene rings is 2. The Balaban J connectivity index is 1.85. The Morgan fingerprint density at radius 1 is 1.22 bits per heavy atom. The van der Waals surface area contributed by atoms with E-state index in [4.69, 9.17) is 19.3 Å². The molecule has 2 aromatic rings. The molecule has 0 saturated carbocycles. The van der Waals surface area contributed by atoms with E-state index < -0.39 is 24.4 Å². The molecule has 0 fully saturated rings. The van der Waals surface area contributed by atoms with Gasteiger partial charge in [0.1, 0.15) is 5.82 Å². The van der Waals surface area contributed by atoms with E-state index in [9.17, 15) is 14.0 Å². The van der Waals surface area contributed by atoms with Gasteiger partial charge >= 0.3 is 11.9 Å². The molecule has 0 spiro atoms. The van der Waals surface area contributed by atoms with E-state index in [1.54, 1.807) is 12.1 Å². The number of carboxylic acids is 1. The Bertz CT molecular complexity index is 949. The number of ether oxygens (including phenoxy) is 3. The zero-order valence-corrected chi connectivity index (χ0v) is 14.1. The third kappa shape index (κ3) is 4.30. The van der Waals surface area contributed by atoms with Gasteiger partial charge in [-0.25, -0.2) is 19.0 Å². The van der Waals surface area contributed by atoms with Crippen molar-refractivity contribution in [3.63, 3.8) is 0 Å². The Morgan fingerprint density at radius 2 is 1.96 bits per heavy atom. The Hall–Kier alpha value is -3.68. The number of aliphatic carboxylic acids is 1. The van der Waals surface area contributed by atoms with Crippen molar-refractivity contribution in [3.05, 3.63) is 65.1 Å². The second-order valence-corrected chi connectivity index (χ2v) is 5.44. The fourth-order valence-corrected chi connectivity index (χ4v) is 2.32. The van der Waals surface area contributed by atoms with Crippen LogP contribution in [0.25, 0.3) is 6.08 Å². The third-order valence-electron chi connectivity index (χ3n) is 3.55. The number of hydrogen-bond donors (Lipinski definition) is 1. The number of nitrogens with zero attached hydrogens (tertiary/aromatic N) is 1. The molecule has 138 valence electrons. The van der Waals surface area contributed by atoms with Gasteiger partial charge in [0.15, 0.2) is 23.8 Å². The van der Waals surface area contributed by atoms with Crippen molar-refractivity contribution >= 4 is 23.9 Å². The van der Waals surface area contributed by atoms with Crippen molar-refractivity contribution in [1.82, 2.24) is 0 Å². The standard InChI is InChI=1S/C19H14FNO6/c1-25-16-9-11(2-7-15(16)26-10-17(22)23)8-14-19(24)27-18(21-14)12-3-5-13(20)6-4-12/h2-9H,10H2,1H3,(H,22,23). The highest BCUT2D eigenvalue weighted by Gasteiger charge is 2.24.